The van der Waals surface area contributed by atoms with Gasteiger partial charge in [-0.05, 0) is 61.4 Å². The minimum atomic E-state index is -0.336. The summed E-state index contributed by atoms with van der Waals surface area (Å²) in [6.07, 6.45) is 3.95. The zero-order valence-corrected chi connectivity index (χ0v) is 24.2. The Morgan fingerprint density at radius 1 is 1.18 bits per heavy atom. The first-order valence-electron chi connectivity index (χ1n) is 12.4. The molecule has 10 heteroatoms. The lowest BCUT2D eigenvalue weighted by Crippen LogP contribution is -2.22. The Hall–Kier alpha value is -3.69. The van der Waals surface area contributed by atoms with Crippen molar-refractivity contribution >= 4 is 56.2 Å². The number of hydrogen-bond acceptors (Lipinski definition) is 6. The number of anilines is 1. The lowest BCUT2D eigenvalue weighted by atomic mass is 10.2. The van der Waals surface area contributed by atoms with Crippen LogP contribution in [0.25, 0.3) is 10.9 Å². The molecule has 0 saturated heterocycles. The van der Waals surface area contributed by atoms with Gasteiger partial charge in [-0.1, -0.05) is 58.6 Å². The van der Waals surface area contributed by atoms with E-state index in [0.29, 0.717) is 40.1 Å². The smallest absolute Gasteiger partial charge is 0.282 e. The lowest BCUT2D eigenvalue weighted by Gasteiger charge is -2.13. The van der Waals surface area contributed by atoms with Crippen molar-refractivity contribution < 1.29 is 14.3 Å². The quantitative estimate of drug-likeness (QED) is 0.210. The molecular formula is C29H28BrClN4O4. The molecule has 4 aromatic rings. The zero-order chi connectivity index (χ0) is 27.9. The SMILES string of the molecule is CCCCc1nc2ccc(Br)cc2c(=O)n1N=Cc1cc(Cl)c(OCC(=O)Nc2ccc(C)cc2)c(OC)c1. The molecule has 0 aliphatic carbocycles. The largest absolute Gasteiger partial charge is 0.493 e. The lowest BCUT2D eigenvalue weighted by molar-refractivity contribution is -0.118. The summed E-state index contributed by atoms with van der Waals surface area (Å²) in [6, 6.07) is 16.2. The number of rotatable bonds is 10. The minimum Gasteiger partial charge on any atom is -0.493 e. The first-order chi connectivity index (χ1) is 18.8. The van der Waals surface area contributed by atoms with Crippen LogP contribution in [0.5, 0.6) is 11.5 Å². The van der Waals surface area contributed by atoms with E-state index in [9.17, 15) is 9.59 Å². The third-order valence-corrected chi connectivity index (χ3v) is 6.66. The summed E-state index contributed by atoms with van der Waals surface area (Å²) in [7, 11) is 1.48. The van der Waals surface area contributed by atoms with Crippen LogP contribution in [0, 0.1) is 6.92 Å². The summed E-state index contributed by atoms with van der Waals surface area (Å²) in [5.74, 6) is 0.794. The minimum absolute atomic E-state index is 0.230. The van der Waals surface area contributed by atoms with E-state index in [0.717, 1.165) is 22.9 Å². The summed E-state index contributed by atoms with van der Waals surface area (Å²) in [6.45, 7) is 3.79. The number of methoxy groups -OCH3 is 1. The molecule has 1 aromatic heterocycles. The Bertz CT molecular complexity index is 1590. The zero-order valence-electron chi connectivity index (χ0n) is 21.8. The summed E-state index contributed by atoms with van der Waals surface area (Å²) in [5.41, 5.74) is 2.70. The van der Waals surface area contributed by atoms with Crippen molar-refractivity contribution in [2.75, 3.05) is 19.0 Å². The molecule has 1 N–H and O–H groups in total. The van der Waals surface area contributed by atoms with Gasteiger partial charge in [0.05, 0.1) is 29.2 Å². The van der Waals surface area contributed by atoms with Crippen molar-refractivity contribution in [2.45, 2.75) is 33.1 Å². The molecule has 39 heavy (non-hydrogen) atoms. The van der Waals surface area contributed by atoms with Crippen LogP contribution < -0.4 is 20.3 Å². The Labute approximate surface area is 239 Å². The number of unbranched alkanes of at least 4 members (excludes halogenated alkanes) is 1. The summed E-state index contributed by atoms with van der Waals surface area (Å²) in [4.78, 5) is 30.4. The maximum atomic E-state index is 13.3. The number of hydrogen-bond donors (Lipinski definition) is 1. The molecular weight excluding hydrogens is 584 g/mol. The van der Waals surface area contributed by atoms with Gasteiger partial charge in [0.15, 0.2) is 18.1 Å². The van der Waals surface area contributed by atoms with Gasteiger partial charge < -0.3 is 14.8 Å². The Balaban J connectivity index is 1.58. The van der Waals surface area contributed by atoms with E-state index in [1.807, 2.05) is 43.3 Å². The summed E-state index contributed by atoms with van der Waals surface area (Å²) >= 11 is 9.92. The fourth-order valence-electron chi connectivity index (χ4n) is 3.86. The predicted octanol–water partition coefficient (Wildman–Crippen LogP) is 6.37. The Morgan fingerprint density at radius 2 is 1.95 bits per heavy atom. The number of nitrogens with zero attached hydrogens (tertiary/aromatic N) is 3. The molecule has 3 aromatic carbocycles. The average Bonchev–Trinajstić information content (AvgIpc) is 2.92. The van der Waals surface area contributed by atoms with Gasteiger partial charge in [0, 0.05) is 16.6 Å². The molecule has 0 radical (unpaired) electrons. The van der Waals surface area contributed by atoms with Gasteiger partial charge in [-0.15, -0.1) is 0 Å². The van der Waals surface area contributed by atoms with Crippen LogP contribution in [0.1, 0.15) is 36.7 Å². The molecule has 202 valence electrons. The van der Waals surface area contributed by atoms with Crippen LogP contribution >= 0.6 is 27.5 Å². The monoisotopic (exact) mass is 610 g/mol. The molecule has 0 aliphatic heterocycles. The maximum Gasteiger partial charge on any atom is 0.282 e. The van der Waals surface area contributed by atoms with Gasteiger partial charge in [0.1, 0.15) is 5.82 Å². The standard InChI is InChI=1S/C29H28BrClN4O4/c1-4-5-6-26-34-24-12-9-20(30)15-22(24)29(37)35(26)32-16-19-13-23(31)28(25(14-19)38-3)39-17-27(36)33-21-10-7-18(2)8-11-21/h7-16H,4-6,17H2,1-3H3,(H,33,36). The van der Waals surface area contributed by atoms with Gasteiger partial charge >= 0.3 is 0 Å². The van der Waals surface area contributed by atoms with Crippen molar-refractivity contribution in [3.63, 3.8) is 0 Å². The second-order valence-electron chi connectivity index (χ2n) is 8.89. The number of benzene rings is 3. The highest BCUT2D eigenvalue weighted by Crippen LogP contribution is 2.36. The average molecular weight is 612 g/mol. The van der Waals surface area contributed by atoms with Crippen LogP contribution in [0.3, 0.4) is 0 Å². The van der Waals surface area contributed by atoms with E-state index in [4.69, 9.17) is 21.1 Å². The summed E-state index contributed by atoms with van der Waals surface area (Å²) < 4.78 is 13.3. The van der Waals surface area contributed by atoms with E-state index in [2.05, 4.69) is 38.3 Å². The molecule has 0 fully saturated rings. The van der Waals surface area contributed by atoms with Crippen molar-refractivity contribution in [2.24, 2.45) is 5.10 Å². The molecule has 0 saturated carbocycles. The van der Waals surface area contributed by atoms with Gasteiger partial charge in [0.25, 0.3) is 11.5 Å². The van der Waals surface area contributed by atoms with Gasteiger partial charge in [-0.25, -0.2) is 4.98 Å². The van der Waals surface area contributed by atoms with Gasteiger partial charge in [0.2, 0.25) is 0 Å². The number of aryl methyl sites for hydroxylation is 2. The topological polar surface area (TPSA) is 94.8 Å². The van der Waals surface area contributed by atoms with Crippen molar-refractivity contribution in [1.82, 2.24) is 9.66 Å². The number of carbonyl (C=O) groups is 1. The van der Waals surface area contributed by atoms with E-state index < -0.39 is 0 Å². The molecule has 0 unspecified atom stereocenters. The molecule has 0 aliphatic rings. The fourth-order valence-corrected chi connectivity index (χ4v) is 4.50. The highest BCUT2D eigenvalue weighted by Gasteiger charge is 2.15. The molecule has 4 rings (SSSR count). The number of carbonyl (C=O) groups excluding carboxylic acids is 1. The first kappa shape index (κ1) is 28.3. The maximum absolute atomic E-state index is 13.3. The third-order valence-electron chi connectivity index (χ3n) is 5.89. The first-order valence-corrected chi connectivity index (χ1v) is 13.6. The molecule has 1 heterocycles. The van der Waals surface area contributed by atoms with Gasteiger partial charge in [-0.2, -0.15) is 9.78 Å². The number of amides is 1. The number of nitrogens with one attached hydrogen (secondary N) is 1. The van der Waals surface area contributed by atoms with Gasteiger partial charge in [-0.3, -0.25) is 9.59 Å². The number of halogens is 2. The van der Waals surface area contributed by atoms with Crippen LogP contribution in [-0.4, -0.2) is 35.5 Å². The number of aromatic nitrogens is 2. The molecule has 8 nitrogen and oxygen atoms in total. The van der Waals surface area contributed by atoms with Crippen LogP contribution in [0.15, 0.2) is 69.0 Å². The highest BCUT2D eigenvalue weighted by atomic mass is 79.9. The Morgan fingerprint density at radius 3 is 2.67 bits per heavy atom. The Kier molecular flexibility index (Phi) is 9.37. The second kappa shape index (κ2) is 12.9. The molecule has 0 bridgehead atoms. The predicted molar refractivity (Wildman–Crippen MR) is 159 cm³/mol. The normalized spacial score (nSPS) is 11.2. The van der Waals surface area contributed by atoms with Crippen LogP contribution in [0.4, 0.5) is 5.69 Å². The molecule has 0 atom stereocenters. The van der Waals surface area contributed by atoms with Crippen molar-refractivity contribution in [1.29, 1.82) is 0 Å². The third kappa shape index (κ3) is 7.04. The fraction of sp³-hybridized carbons (Fsp3) is 0.241. The van der Waals surface area contributed by atoms with Crippen molar-refractivity contribution in [3.8, 4) is 11.5 Å². The van der Waals surface area contributed by atoms with Crippen LogP contribution in [-0.2, 0) is 11.2 Å². The van der Waals surface area contributed by atoms with E-state index >= 15 is 0 Å². The second-order valence-corrected chi connectivity index (χ2v) is 10.2. The molecule has 0 spiro atoms. The number of ether oxygens (including phenoxy) is 2. The van der Waals surface area contributed by atoms with Crippen molar-refractivity contribution in [3.05, 3.63) is 91.4 Å². The summed E-state index contributed by atoms with van der Waals surface area (Å²) in [5, 5.41) is 7.94. The van der Waals surface area contributed by atoms with E-state index in [1.165, 1.54) is 18.0 Å². The van der Waals surface area contributed by atoms with Crippen LogP contribution in [0.2, 0.25) is 5.02 Å². The number of fused-ring (bicyclic) bond motifs is 1. The molecule has 1 amide bonds. The highest BCUT2D eigenvalue weighted by molar-refractivity contribution is 9.10. The van der Waals surface area contributed by atoms with E-state index in [1.54, 1.807) is 18.2 Å². The van der Waals surface area contributed by atoms with E-state index in [-0.39, 0.29) is 28.8 Å².